The van der Waals surface area contributed by atoms with Gasteiger partial charge in [-0.1, -0.05) is 0 Å². The summed E-state index contributed by atoms with van der Waals surface area (Å²) in [7, 11) is 0. The van der Waals surface area contributed by atoms with E-state index >= 15 is 0 Å². The van der Waals surface area contributed by atoms with Gasteiger partial charge in [-0.2, -0.15) is 8.78 Å². The molecule has 1 amide bonds. The second-order valence-electron chi connectivity index (χ2n) is 5.31. The molecule has 0 bridgehead atoms. The van der Waals surface area contributed by atoms with Crippen LogP contribution in [-0.2, 0) is 4.79 Å². The molecular formula is C12H19F4N3O. The number of carbonyl (C=O) groups is 1. The topological polar surface area (TPSA) is 35.6 Å². The van der Waals surface area contributed by atoms with Gasteiger partial charge < -0.3 is 10.2 Å². The molecule has 4 nitrogen and oxygen atoms in total. The summed E-state index contributed by atoms with van der Waals surface area (Å²) in [5, 5.41) is 3.09. The molecule has 0 saturated carbocycles. The van der Waals surface area contributed by atoms with E-state index in [1.807, 2.05) is 0 Å². The molecule has 2 fully saturated rings. The Morgan fingerprint density at radius 3 is 2.40 bits per heavy atom. The molecule has 2 aliphatic heterocycles. The summed E-state index contributed by atoms with van der Waals surface area (Å²) >= 11 is 0. The molecule has 0 aromatic rings. The lowest BCUT2D eigenvalue weighted by atomic mass is 10.2. The van der Waals surface area contributed by atoms with Crippen LogP contribution < -0.4 is 5.32 Å². The Balaban J connectivity index is 1.79. The number of hydrogen-bond donors (Lipinski definition) is 1. The maximum Gasteiger partial charge on any atom is 0.319 e. The minimum atomic E-state index is -3.99. The lowest BCUT2D eigenvalue weighted by Crippen LogP contribution is -2.55. The van der Waals surface area contributed by atoms with Crippen LogP contribution in [0.5, 0.6) is 0 Å². The molecule has 1 N–H and O–H groups in total. The van der Waals surface area contributed by atoms with Crippen molar-refractivity contribution in [1.29, 1.82) is 0 Å². The number of halogens is 4. The largest absolute Gasteiger partial charge is 0.339 e. The number of amides is 1. The van der Waals surface area contributed by atoms with Crippen molar-refractivity contribution in [3.8, 4) is 0 Å². The molecule has 2 aliphatic rings. The van der Waals surface area contributed by atoms with Gasteiger partial charge in [0.05, 0.1) is 12.6 Å². The molecular weight excluding hydrogens is 278 g/mol. The molecule has 1 atom stereocenters. The summed E-state index contributed by atoms with van der Waals surface area (Å²) in [4.78, 5) is 15.0. The fourth-order valence-corrected chi connectivity index (χ4v) is 2.61. The zero-order chi connectivity index (χ0) is 14.8. The van der Waals surface area contributed by atoms with Crippen molar-refractivity contribution in [3.63, 3.8) is 0 Å². The van der Waals surface area contributed by atoms with E-state index in [4.69, 9.17) is 0 Å². The van der Waals surface area contributed by atoms with E-state index in [0.717, 1.165) is 19.4 Å². The third-order valence-corrected chi connectivity index (χ3v) is 3.80. The van der Waals surface area contributed by atoms with E-state index in [9.17, 15) is 22.4 Å². The van der Waals surface area contributed by atoms with Crippen LogP contribution in [0.2, 0.25) is 0 Å². The van der Waals surface area contributed by atoms with Crippen molar-refractivity contribution in [3.05, 3.63) is 0 Å². The van der Waals surface area contributed by atoms with Gasteiger partial charge in [0.25, 0.3) is 0 Å². The van der Waals surface area contributed by atoms with E-state index in [-0.39, 0.29) is 25.0 Å². The zero-order valence-corrected chi connectivity index (χ0v) is 11.1. The van der Waals surface area contributed by atoms with Crippen molar-refractivity contribution < 1.29 is 22.4 Å². The summed E-state index contributed by atoms with van der Waals surface area (Å²) in [5.74, 6) is -4.00. The summed E-state index contributed by atoms with van der Waals surface area (Å²) in [6.45, 7) is 0.916. The smallest absolute Gasteiger partial charge is 0.319 e. The molecule has 0 aromatic carbocycles. The Kier molecular flexibility index (Phi) is 4.85. The van der Waals surface area contributed by atoms with Crippen LogP contribution in [0.1, 0.15) is 12.8 Å². The first-order chi connectivity index (χ1) is 9.40. The molecule has 20 heavy (non-hydrogen) atoms. The maximum absolute atomic E-state index is 13.0. The van der Waals surface area contributed by atoms with Gasteiger partial charge in [0, 0.05) is 26.2 Å². The molecule has 2 rings (SSSR count). The fourth-order valence-electron chi connectivity index (χ4n) is 2.61. The molecule has 116 valence electrons. The van der Waals surface area contributed by atoms with Crippen LogP contribution in [0, 0.1) is 0 Å². The monoisotopic (exact) mass is 297 g/mol. The lowest BCUT2D eigenvalue weighted by molar-refractivity contribution is -0.148. The Bertz CT molecular complexity index is 340. The van der Waals surface area contributed by atoms with Gasteiger partial charge in [0.1, 0.15) is 0 Å². The Labute approximate surface area is 115 Å². The van der Waals surface area contributed by atoms with Gasteiger partial charge in [-0.25, -0.2) is 8.78 Å². The maximum atomic E-state index is 13.0. The first-order valence-electron chi connectivity index (χ1n) is 6.80. The molecule has 2 saturated heterocycles. The van der Waals surface area contributed by atoms with Crippen molar-refractivity contribution in [1.82, 2.24) is 15.1 Å². The van der Waals surface area contributed by atoms with E-state index in [1.165, 1.54) is 4.90 Å². The highest BCUT2D eigenvalue weighted by molar-refractivity contribution is 5.82. The van der Waals surface area contributed by atoms with Gasteiger partial charge >= 0.3 is 12.3 Å². The number of hydrogen-bond acceptors (Lipinski definition) is 3. The highest BCUT2D eigenvalue weighted by Crippen LogP contribution is 2.24. The van der Waals surface area contributed by atoms with Crippen LogP contribution in [0.15, 0.2) is 0 Å². The van der Waals surface area contributed by atoms with Gasteiger partial charge in [-0.15, -0.1) is 0 Å². The fraction of sp³-hybridized carbons (Fsp3) is 0.917. The van der Waals surface area contributed by atoms with Crippen molar-refractivity contribution in [2.75, 3.05) is 39.3 Å². The van der Waals surface area contributed by atoms with Gasteiger partial charge in [-0.3, -0.25) is 9.69 Å². The Morgan fingerprint density at radius 2 is 1.90 bits per heavy atom. The predicted molar refractivity (Wildman–Crippen MR) is 65.0 cm³/mol. The second kappa shape index (κ2) is 6.26. The summed E-state index contributed by atoms with van der Waals surface area (Å²) in [6, 6.07) is -0.177. The Morgan fingerprint density at radius 1 is 1.25 bits per heavy atom. The summed E-state index contributed by atoms with van der Waals surface area (Å²) in [6.07, 6.45) is -1.90. The number of nitrogens with one attached hydrogen (secondary N) is 1. The predicted octanol–water partition coefficient (Wildman–Crippen LogP) is 0.783. The van der Waals surface area contributed by atoms with Crippen molar-refractivity contribution in [2.45, 2.75) is 31.2 Å². The minimum absolute atomic E-state index is 0.0113. The molecule has 1 unspecified atom stereocenters. The van der Waals surface area contributed by atoms with Crippen LogP contribution >= 0.6 is 0 Å². The lowest BCUT2D eigenvalue weighted by Gasteiger charge is -2.37. The number of nitrogens with zero attached hydrogens (tertiary/aromatic N) is 2. The third-order valence-electron chi connectivity index (χ3n) is 3.80. The second-order valence-corrected chi connectivity index (χ2v) is 5.31. The van der Waals surface area contributed by atoms with Gasteiger partial charge in [0.15, 0.2) is 0 Å². The van der Waals surface area contributed by atoms with Crippen LogP contribution in [0.4, 0.5) is 17.6 Å². The van der Waals surface area contributed by atoms with Gasteiger partial charge in [-0.05, 0) is 19.4 Å². The van der Waals surface area contributed by atoms with Gasteiger partial charge in [0.2, 0.25) is 5.91 Å². The average Bonchev–Trinajstić information content (AvgIpc) is 2.92. The van der Waals surface area contributed by atoms with E-state index < -0.39 is 18.9 Å². The Hall–Kier alpha value is -0.890. The first-order valence-corrected chi connectivity index (χ1v) is 6.80. The average molecular weight is 297 g/mol. The molecule has 0 spiro atoms. The normalized spacial score (nSPS) is 25.4. The van der Waals surface area contributed by atoms with E-state index in [1.54, 1.807) is 4.90 Å². The quantitative estimate of drug-likeness (QED) is 0.779. The molecule has 8 heteroatoms. The van der Waals surface area contributed by atoms with Crippen molar-refractivity contribution in [2.24, 2.45) is 0 Å². The number of piperazine rings is 1. The highest BCUT2D eigenvalue weighted by Gasteiger charge is 2.43. The molecule has 2 heterocycles. The van der Waals surface area contributed by atoms with Crippen molar-refractivity contribution >= 4 is 5.91 Å². The van der Waals surface area contributed by atoms with Crippen LogP contribution in [-0.4, -0.2) is 73.4 Å². The summed E-state index contributed by atoms with van der Waals surface area (Å²) in [5.41, 5.74) is 0. The van der Waals surface area contributed by atoms with Crippen LogP contribution in [0.25, 0.3) is 0 Å². The first kappa shape index (κ1) is 15.5. The SMILES string of the molecule is O=C(C1CCCN1)N1CCN(CC(F)(F)C(F)F)CC1. The highest BCUT2D eigenvalue weighted by atomic mass is 19.3. The third kappa shape index (κ3) is 3.60. The summed E-state index contributed by atoms with van der Waals surface area (Å²) < 4.78 is 50.2. The van der Waals surface area contributed by atoms with E-state index in [2.05, 4.69) is 5.32 Å². The van der Waals surface area contributed by atoms with E-state index in [0.29, 0.717) is 13.1 Å². The number of rotatable bonds is 4. The molecule has 0 aliphatic carbocycles. The zero-order valence-electron chi connectivity index (χ0n) is 11.1. The number of carbonyl (C=O) groups excluding carboxylic acids is 1. The standard InChI is InChI=1S/C12H19F4N3O/c13-11(14)12(15,16)8-18-4-6-19(7-5-18)10(20)9-2-1-3-17-9/h9,11,17H,1-8H2. The molecule has 0 radical (unpaired) electrons. The van der Waals surface area contributed by atoms with Crippen LogP contribution in [0.3, 0.4) is 0 Å². The number of alkyl halides is 4. The minimum Gasteiger partial charge on any atom is -0.339 e. The molecule has 0 aromatic heterocycles.